The van der Waals surface area contributed by atoms with E-state index in [0.29, 0.717) is 12.1 Å². The Labute approximate surface area is 122 Å². The third-order valence-electron chi connectivity index (χ3n) is 3.09. The first-order valence-electron chi connectivity index (χ1n) is 6.95. The zero-order valence-electron chi connectivity index (χ0n) is 12.5. The molecule has 0 amide bonds. The zero-order valence-corrected chi connectivity index (χ0v) is 12.5. The van der Waals surface area contributed by atoms with Crippen LogP contribution < -0.4 is 10.6 Å². The number of nitrogens with zero attached hydrogens (tertiary/aromatic N) is 1. The number of likely N-dealkylation sites (N-methyl/N-ethyl adjacent to an activating group) is 1. The molecule has 0 heterocycles. The number of benzene rings is 1. The van der Waals surface area contributed by atoms with E-state index in [2.05, 4.69) is 54.8 Å². The molecule has 0 aliphatic heterocycles. The van der Waals surface area contributed by atoms with Crippen LogP contribution in [0.5, 0.6) is 0 Å². The summed E-state index contributed by atoms with van der Waals surface area (Å²) in [6.45, 7) is 4.87. The number of nitrogens with one attached hydrogen (secondary N) is 2. The van der Waals surface area contributed by atoms with Gasteiger partial charge < -0.3 is 10.6 Å². The summed E-state index contributed by atoms with van der Waals surface area (Å²) in [6, 6.07) is 10.7. The standard InChI is InChI=1S/C17H23N3/c1-4-16(19-3)12-15(13-18)6-5-11-20-17-9-7-14(2)8-10-17/h5-10,12,16,19-20H,4,11H2,1-3H3. The molecule has 1 aromatic rings. The Hall–Kier alpha value is -2.05. The quantitative estimate of drug-likeness (QED) is 0.589. The van der Waals surface area contributed by atoms with Crippen LogP contribution in [-0.2, 0) is 0 Å². The highest BCUT2D eigenvalue weighted by Gasteiger charge is 1.99. The van der Waals surface area contributed by atoms with Crippen molar-refractivity contribution in [1.29, 1.82) is 5.26 Å². The highest BCUT2D eigenvalue weighted by atomic mass is 14.9. The summed E-state index contributed by atoms with van der Waals surface area (Å²) in [6.07, 6.45) is 6.76. The number of allylic oxidation sites excluding steroid dienone is 2. The van der Waals surface area contributed by atoms with E-state index < -0.39 is 0 Å². The van der Waals surface area contributed by atoms with Crippen molar-refractivity contribution < 1.29 is 0 Å². The van der Waals surface area contributed by atoms with Gasteiger partial charge in [0.1, 0.15) is 0 Å². The molecule has 0 aliphatic carbocycles. The van der Waals surface area contributed by atoms with Crippen LogP contribution in [0.25, 0.3) is 0 Å². The predicted molar refractivity (Wildman–Crippen MR) is 85.6 cm³/mol. The van der Waals surface area contributed by atoms with Crippen LogP contribution in [0.1, 0.15) is 18.9 Å². The molecule has 0 saturated carbocycles. The van der Waals surface area contributed by atoms with Crippen molar-refractivity contribution in [1.82, 2.24) is 5.32 Å². The van der Waals surface area contributed by atoms with Gasteiger partial charge in [-0.15, -0.1) is 0 Å². The largest absolute Gasteiger partial charge is 0.382 e. The Morgan fingerprint density at radius 1 is 1.35 bits per heavy atom. The molecule has 2 N–H and O–H groups in total. The third-order valence-corrected chi connectivity index (χ3v) is 3.09. The van der Waals surface area contributed by atoms with Crippen molar-refractivity contribution >= 4 is 5.69 Å². The normalized spacial score (nSPS) is 13.2. The van der Waals surface area contributed by atoms with Crippen molar-refractivity contribution in [3.63, 3.8) is 0 Å². The molecular formula is C17H23N3. The van der Waals surface area contributed by atoms with E-state index in [0.717, 1.165) is 12.1 Å². The molecule has 1 unspecified atom stereocenters. The average Bonchev–Trinajstić information content (AvgIpc) is 2.48. The maximum atomic E-state index is 9.10. The van der Waals surface area contributed by atoms with E-state index in [-0.39, 0.29) is 6.04 Å². The highest BCUT2D eigenvalue weighted by molar-refractivity contribution is 5.45. The van der Waals surface area contributed by atoms with E-state index in [9.17, 15) is 0 Å². The van der Waals surface area contributed by atoms with Crippen LogP contribution in [0.2, 0.25) is 0 Å². The summed E-state index contributed by atoms with van der Waals surface area (Å²) in [5.41, 5.74) is 3.03. The highest BCUT2D eigenvalue weighted by Crippen LogP contribution is 2.08. The fourth-order valence-electron chi connectivity index (χ4n) is 1.79. The molecule has 0 spiro atoms. The number of aryl methyl sites for hydroxylation is 1. The fraction of sp³-hybridized carbons (Fsp3) is 0.353. The monoisotopic (exact) mass is 269 g/mol. The molecule has 0 aliphatic rings. The molecule has 3 heteroatoms. The lowest BCUT2D eigenvalue weighted by molar-refractivity contribution is 0.646. The number of rotatable bonds is 7. The first-order chi connectivity index (χ1) is 9.69. The Kier molecular flexibility index (Phi) is 7.16. The second-order valence-electron chi connectivity index (χ2n) is 4.69. The molecular weight excluding hydrogens is 246 g/mol. The minimum Gasteiger partial charge on any atom is -0.382 e. The maximum Gasteiger partial charge on any atom is 0.0988 e. The van der Waals surface area contributed by atoms with Gasteiger partial charge in [-0.25, -0.2) is 0 Å². The molecule has 0 aromatic heterocycles. The number of nitriles is 1. The van der Waals surface area contributed by atoms with Gasteiger partial charge in [-0.3, -0.25) is 0 Å². The van der Waals surface area contributed by atoms with Gasteiger partial charge >= 0.3 is 0 Å². The molecule has 1 rings (SSSR count). The Balaban J connectivity index is 2.50. The van der Waals surface area contributed by atoms with Crippen LogP contribution in [0.15, 0.2) is 48.1 Å². The Morgan fingerprint density at radius 3 is 2.60 bits per heavy atom. The lowest BCUT2D eigenvalue weighted by Gasteiger charge is -2.07. The van der Waals surface area contributed by atoms with E-state index in [1.807, 2.05) is 25.3 Å². The lowest BCUT2D eigenvalue weighted by atomic mass is 10.1. The van der Waals surface area contributed by atoms with Crippen LogP contribution in [0, 0.1) is 18.3 Å². The zero-order chi connectivity index (χ0) is 14.8. The summed E-state index contributed by atoms with van der Waals surface area (Å²) in [5.74, 6) is 0. The van der Waals surface area contributed by atoms with Gasteiger partial charge in [0.15, 0.2) is 0 Å². The van der Waals surface area contributed by atoms with Crippen molar-refractivity contribution in [3.05, 3.63) is 53.6 Å². The molecule has 1 aromatic carbocycles. The van der Waals surface area contributed by atoms with E-state index in [1.54, 1.807) is 0 Å². The van der Waals surface area contributed by atoms with E-state index >= 15 is 0 Å². The van der Waals surface area contributed by atoms with Crippen molar-refractivity contribution in [2.75, 3.05) is 18.9 Å². The van der Waals surface area contributed by atoms with Gasteiger partial charge in [0.05, 0.1) is 6.07 Å². The second-order valence-corrected chi connectivity index (χ2v) is 4.69. The van der Waals surface area contributed by atoms with Crippen molar-refractivity contribution in [3.8, 4) is 6.07 Å². The summed E-state index contributed by atoms with van der Waals surface area (Å²) in [4.78, 5) is 0. The van der Waals surface area contributed by atoms with Gasteiger partial charge in [0.2, 0.25) is 0 Å². The third kappa shape index (κ3) is 5.73. The predicted octanol–water partition coefficient (Wildman–Crippen LogP) is 3.41. The fourth-order valence-corrected chi connectivity index (χ4v) is 1.79. The van der Waals surface area contributed by atoms with E-state index in [4.69, 9.17) is 5.26 Å². The topological polar surface area (TPSA) is 47.9 Å². The number of anilines is 1. The molecule has 1 atom stereocenters. The molecule has 0 fully saturated rings. The first-order valence-corrected chi connectivity index (χ1v) is 6.95. The lowest BCUT2D eigenvalue weighted by Crippen LogP contribution is -2.21. The smallest absolute Gasteiger partial charge is 0.0988 e. The molecule has 3 nitrogen and oxygen atoms in total. The van der Waals surface area contributed by atoms with Gasteiger partial charge in [-0.2, -0.15) is 5.26 Å². The average molecular weight is 269 g/mol. The molecule has 20 heavy (non-hydrogen) atoms. The molecule has 106 valence electrons. The van der Waals surface area contributed by atoms with Gasteiger partial charge in [0, 0.05) is 23.8 Å². The molecule has 0 bridgehead atoms. The van der Waals surface area contributed by atoms with Crippen molar-refractivity contribution in [2.24, 2.45) is 0 Å². The van der Waals surface area contributed by atoms with Crippen LogP contribution in [0.3, 0.4) is 0 Å². The maximum absolute atomic E-state index is 9.10. The summed E-state index contributed by atoms with van der Waals surface area (Å²) in [5, 5.41) is 15.5. The first kappa shape index (κ1) is 16.0. The van der Waals surface area contributed by atoms with Gasteiger partial charge in [-0.1, -0.05) is 30.7 Å². The van der Waals surface area contributed by atoms with Crippen LogP contribution >= 0.6 is 0 Å². The van der Waals surface area contributed by atoms with E-state index in [1.165, 1.54) is 5.56 Å². The van der Waals surface area contributed by atoms with Gasteiger partial charge in [0.25, 0.3) is 0 Å². The van der Waals surface area contributed by atoms with Crippen molar-refractivity contribution in [2.45, 2.75) is 26.3 Å². The van der Waals surface area contributed by atoms with Crippen LogP contribution in [0.4, 0.5) is 5.69 Å². The van der Waals surface area contributed by atoms with Gasteiger partial charge in [-0.05, 0) is 44.7 Å². The second kappa shape index (κ2) is 8.95. The Bertz CT molecular complexity index is 488. The SMILES string of the molecule is CCC(C=C(C#N)C=CCNc1ccc(C)cc1)NC. The minimum absolute atomic E-state index is 0.249. The molecule has 0 radical (unpaired) electrons. The summed E-state index contributed by atoms with van der Waals surface area (Å²) in [7, 11) is 1.91. The summed E-state index contributed by atoms with van der Waals surface area (Å²) < 4.78 is 0. The van der Waals surface area contributed by atoms with Crippen LogP contribution in [-0.4, -0.2) is 19.6 Å². The number of hydrogen-bond acceptors (Lipinski definition) is 3. The number of hydrogen-bond donors (Lipinski definition) is 2. The summed E-state index contributed by atoms with van der Waals surface area (Å²) >= 11 is 0. The minimum atomic E-state index is 0.249. The molecule has 0 saturated heterocycles. The Morgan fingerprint density at radius 2 is 2.05 bits per heavy atom.